The van der Waals surface area contributed by atoms with E-state index in [9.17, 15) is 8.78 Å². The Kier molecular flexibility index (Phi) is 7.83. The average Bonchev–Trinajstić information content (AvgIpc) is 3.13. The van der Waals surface area contributed by atoms with E-state index in [1.807, 2.05) is 17.9 Å². The van der Waals surface area contributed by atoms with Crippen molar-refractivity contribution in [2.45, 2.75) is 6.92 Å². The van der Waals surface area contributed by atoms with Crippen molar-refractivity contribution in [1.82, 2.24) is 24.6 Å². The second kappa shape index (κ2) is 10.6. The van der Waals surface area contributed by atoms with Crippen molar-refractivity contribution in [3.8, 4) is 5.82 Å². The molecule has 33 heavy (non-hydrogen) atoms. The van der Waals surface area contributed by atoms with Gasteiger partial charge in [-0.2, -0.15) is 15.1 Å². The molecular formula is C22H27ClF2N8. The molecule has 176 valence electrons. The molecule has 0 saturated carbocycles. The van der Waals surface area contributed by atoms with E-state index in [0.29, 0.717) is 17.3 Å². The van der Waals surface area contributed by atoms with Crippen molar-refractivity contribution in [2.75, 3.05) is 55.7 Å². The minimum absolute atomic E-state index is 0. The topological polar surface area (TPSA) is 88.1 Å². The van der Waals surface area contributed by atoms with Gasteiger partial charge in [-0.25, -0.2) is 13.5 Å². The third-order valence-electron chi connectivity index (χ3n) is 5.50. The predicted molar refractivity (Wildman–Crippen MR) is 129 cm³/mol. The standard InChI is InChI=1S/C22H26F2N8.ClH/c1-15-16(14-27-32(15)21-13-20(26-2)28-22(25)29-21)4-3-5-30-6-8-31(9-7-30)19-11-17(23)10-18(24)12-19;/h3-4,10-14H,5-9H2,1-2H3,(H3,25,26,28,29);1H/b4-3+;. The van der Waals surface area contributed by atoms with E-state index in [1.165, 1.54) is 12.1 Å². The van der Waals surface area contributed by atoms with Gasteiger partial charge >= 0.3 is 0 Å². The Labute approximate surface area is 197 Å². The number of nitrogen functional groups attached to an aromatic ring is 1. The Morgan fingerprint density at radius 1 is 1.06 bits per heavy atom. The lowest BCUT2D eigenvalue weighted by Crippen LogP contribution is -2.46. The first kappa shape index (κ1) is 24.4. The van der Waals surface area contributed by atoms with Gasteiger partial charge in [0.15, 0.2) is 5.82 Å². The lowest BCUT2D eigenvalue weighted by atomic mass is 10.2. The Morgan fingerprint density at radius 3 is 2.42 bits per heavy atom. The van der Waals surface area contributed by atoms with Crippen LogP contribution in [-0.2, 0) is 0 Å². The van der Waals surface area contributed by atoms with Crippen LogP contribution in [0.2, 0.25) is 0 Å². The maximum absolute atomic E-state index is 13.5. The van der Waals surface area contributed by atoms with Crippen molar-refractivity contribution < 1.29 is 8.78 Å². The third-order valence-corrected chi connectivity index (χ3v) is 5.50. The first-order chi connectivity index (χ1) is 15.4. The van der Waals surface area contributed by atoms with Crippen LogP contribution in [0.1, 0.15) is 11.3 Å². The van der Waals surface area contributed by atoms with Crippen LogP contribution in [0.4, 0.5) is 26.2 Å². The van der Waals surface area contributed by atoms with E-state index in [0.717, 1.165) is 50.0 Å². The molecule has 0 radical (unpaired) electrons. The van der Waals surface area contributed by atoms with Crippen molar-refractivity contribution in [3.63, 3.8) is 0 Å². The van der Waals surface area contributed by atoms with Crippen LogP contribution in [0.15, 0.2) is 36.5 Å². The fourth-order valence-electron chi connectivity index (χ4n) is 3.75. The highest BCUT2D eigenvalue weighted by Crippen LogP contribution is 2.20. The summed E-state index contributed by atoms with van der Waals surface area (Å²) >= 11 is 0. The Hall–Kier alpha value is -3.24. The molecule has 0 bridgehead atoms. The van der Waals surface area contributed by atoms with Gasteiger partial charge in [0.2, 0.25) is 5.95 Å². The van der Waals surface area contributed by atoms with Crippen molar-refractivity contribution >= 4 is 35.9 Å². The summed E-state index contributed by atoms with van der Waals surface area (Å²) in [5, 5.41) is 7.40. The van der Waals surface area contributed by atoms with Crippen LogP contribution >= 0.6 is 12.4 Å². The van der Waals surface area contributed by atoms with Crippen molar-refractivity contribution in [3.05, 3.63) is 59.4 Å². The van der Waals surface area contributed by atoms with E-state index in [1.54, 1.807) is 24.0 Å². The molecule has 2 aromatic heterocycles. The first-order valence-corrected chi connectivity index (χ1v) is 10.4. The summed E-state index contributed by atoms with van der Waals surface area (Å²) in [7, 11) is 1.77. The lowest BCUT2D eigenvalue weighted by Gasteiger charge is -2.35. The normalized spacial score (nSPS) is 14.5. The molecule has 1 aromatic carbocycles. The molecule has 0 aliphatic carbocycles. The van der Waals surface area contributed by atoms with Gasteiger partial charge in [-0.3, -0.25) is 4.90 Å². The molecule has 0 spiro atoms. The predicted octanol–water partition coefficient (Wildman–Crippen LogP) is 3.13. The molecular weight excluding hydrogens is 450 g/mol. The van der Waals surface area contributed by atoms with Crippen LogP contribution in [0.3, 0.4) is 0 Å². The molecule has 8 nitrogen and oxygen atoms in total. The molecule has 3 heterocycles. The summed E-state index contributed by atoms with van der Waals surface area (Å²) in [6.45, 7) is 5.82. The maximum atomic E-state index is 13.5. The van der Waals surface area contributed by atoms with E-state index in [2.05, 4.69) is 31.4 Å². The summed E-state index contributed by atoms with van der Waals surface area (Å²) < 4.78 is 28.7. The lowest BCUT2D eigenvalue weighted by molar-refractivity contribution is 0.284. The zero-order valence-electron chi connectivity index (χ0n) is 18.5. The number of hydrogen-bond donors (Lipinski definition) is 2. The fraction of sp³-hybridized carbons (Fsp3) is 0.318. The number of rotatable bonds is 6. The average molecular weight is 477 g/mol. The van der Waals surface area contributed by atoms with Gasteiger partial charge in [0.05, 0.1) is 11.9 Å². The van der Waals surface area contributed by atoms with Crippen LogP contribution in [0, 0.1) is 18.6 Å². The summed E-state index contributed by atoms with van der Waals surface area (Å²) in [4.78, 5) is 12.7. The van der Waals surface area contributed by atoms with Crippen LogP contribution in [-0.4, -0.2) is 64.4 Å². The van der Waals surface area contributed by atoms with E-state index in [4.69, 9.17) is 5.73 Å². The second-order valence-corrected chi connectivity index (χ2v) is 7.63. The van der Waals surface area contributed by atoms with Crippen LogP contribution < -0.4 is 16.0 Å². The Morgan fingerprint density at radius 2 is 1.76 bits per heavy atom. The number of nitrogens with two attached hydrogens (primary N) is 1. The molecule has 0 atom stereocenters. The zero-order chi connectivity index (χ0) is 22.7. The quantitative estimate of drug-likeness (QED) is 0.565. The van der Waals surface area contributed by atoms with Crippen LogP contribution in [0.5, 0.6) is 0 Å². The highest BCUT2D eigenvalue weighted by atomic mass is 35.5. The molecule has 11 heteroatoms. The minimum Gasteiger partial charge on any atom is -0.373 e. The highest BCUT2D eigenvalue weighted by molar-refractivity contribution is 5.85. The number of halogens is 3. The highest BCUT2D eigenvalue weighted by Gasteiger charge is 2.17. The second-order valence-electron chi connectivity index (χ2n) is 7.63. The molecule has 3 N–H and O–H groups in total. The molecule has 1 aliphatic rings. The SMILES string of the molecule is CNc1cc(-n2ncc(/C=C/CN3CCN(c4cc(F)cc(F)c4)CC3)c2C)nc(N)n1.Cl. The maximum Gasteiger partial charge on any atom is 0.224 e. The summed E-state index contributed by atoms with van der Waals surface area (Å²) in [6, 6.07) is 5.44. The molecule has 0 amide bonds. The summed E-state index contributed by atoms with van der Waals surface area (Å²) in [5.74, 6) is 0.309. The monoisotopic (exact) mass is 476 g/mol. The number of piperazine rings is 1. The number of hydrogen-bond acceptors (Lipinski definition) is 7. The molecule has 3 aromatic rings. The minimum atomic E-state index is -0.548. The number of anilines is 3. The molecule has 1 aliphatic heterocycles. The number of nitrogens with zero attached hydrogens (tertiary/aromatic N) is 6. The molecule has 0 unspecified atom stereocenters. The smallest absolute Gasteiger partial charge is 0.224 e. The van der Waals surface area contributed by atoms with Crippen molar-refractivity contribution in [1.29, 1.82) is 0 Å². The van der Waals surface area contributed by atoms with Gasteiger partial charge < -0.3 is 16.0 Å². The van der Waals surface area contributed by atoms with E-state index >= 15 is 0 Å². The number of benzene rings is 1. The van der Waals surface area contributed by atoms with Gasteiger partial charge in [0, 0.05) is 63.2 Å². The van der Waals surface area contributed by atoms with E-state index < -0.39 is 11.6 Å². The fourth-order valence-corrected chi connectivity index (χ4v) is 3.75. The summed E-state index contributed by atoms with van der Waals surface area (Å²) in [6.07, 6.45) is 5.93. The summed E-state index contributed by atoms with van der Waals surface area (Å²) in [5.41, 5.74) is 8.31. The zero-order valence-corrected chi connectivity index (χ0v) is 19.3. The first-order valence-electron chi connectivity index (χ1n) is 10.4. The van der Waals surface area contributed by atoms with Gasteiger partial charge in [-0.1, -0.05) is 12.2 Å². The third kappa shape index (κ3) is 5.77. The van der Waals surface area contributed by atoms with Crippen molar-refractivity contribution in [2.24, 2.45) is 0 Å². The van der Waals surface area contributed by atoms with Gasteiger partial charge in [-0.15, -0.1) is 12.4 Å². The van der Waals surface area contributed by atoms with E-state index in [-0.39, 0.29) is 18.4 Å². The molecule has 1 saturated heterocycles. The molecule has 1 fully saturated rings. The number of nitrogens with one attached hydrogen (secondary N) is 1. The largest absolute Gasteiger partial charge is 0.373 e. The Bertz CT molecular complexity index is 1110. The molecule has 4 rings (SSSR count). The van der Waals surface area contributed by atoms with Gasteiger partial charge in [0.1, 0.15) is 17.5 Å². The van der Waals surface area contributed by atoms with Crippen LogP contribution in [0.25, 0.3) is 11.9 Å². The van der Waals surface area contributed by atoms with Gasteiger partial charge in [-0.05, 0) is 19.1 Å². The number of aromatic nitrogens is 4. The van der Waals surface area contributed by atoms with Gasteiger partial charge in [0.25, 0.3) is 0 Å². The Balaban J connectivity index is 0.00000306.